The third-order valence-electron chi connectivity index (χ3n) is 1.99. The first kappa shape index (κ1) is 11.4. The Kier molecular flexibility index (Phi) is 3.52. The lowest BCUT2D eigenvalue weighted by molar-refractivity contribution is 1.17. The van der Waals surface area contributed by atoms with Crippen molar-refractivity contribution in [2.24, 2.45) is 0 Å². The molecule has 0 spiro atoms. The molecular formula is C11H8BrN5. The van der Waals surface area contributed by atoms with Crippen LogP contribution in [0.25, 0.3) is 0 Å². The SMILES string of the molecule is N#CNc1cc(Nc2ccccc2Br)ncn1. The van der Waals surface area contributed by atoms with E-state index in [1.54, 1.807) is 6.07 Å². The third kappa shape index (κ3) is 2.92. The van der Waals surface area contributed by atoms with Crippen molar-refractivity contribution in [3.8, 4) is 6.19 Å². The molecule has 0 saturated heterocycles. The van der Waals surface area contributed by atoms with Crippen LogP contribution < -0.4 is 10.6 Å². The second-order valence-electron chi connectivity index (χ2n) is 3.13. The molecule has 0 amide bonds. The highest BCUT2D eigenvalue weighted by Gasteiger charge is 2.01. The van der Waals surface area contributed by atoms with E-state index in [4.69, 9.17) is 5.26 Å². The average molecular weight is 290 g/mol. The first-order valence-corrected chi connectivity index (χ1v) is 5.57. The van der Waals surface area contributed by atoms with Crippen molar-refractivity contribution >= 4 is 33.3 Å². The smallest absolute Gasteiger partial charge is 0.182 e. The molecule has 2 aromatic rings. The van der Waals surface area contributed by atoms with Gasteiger partial charge in [-0.3, -0.25) is 5.32 Å². The Morgan fingerprint density at radius 1 is 1.18 bits per heavy atom. The molecule has 1 aromatic carbocycles. The fraction of sp³-hybridized carbons (Fsp3) is 0. The van der Waals surface area contributed by atoms with Crippen molar-refractivity contribution in [2.45, 2.75) is 0 Å². The Hall–Kier alpha value is -2.13. The van der Waals surface area contributed by atoms with Crippen LogP contribution in [0.2, 0.25) is 0 Å². The van der Waals surface area contributed by atoms with Gasteiger partial charge in [-0.25, -0.2) is 9.97 Å². The normalized spacial score (nSPS) is 9.41. The molecule has 84 valence electrons. The van der Waals surface area contributed by atoms with Gasteiger partial charge in [-0.2, -0.15) is 5.26 Å². The molecule has 0 aliphatic carbocycles. The van der Waals surface area contributed by atoms with Gasteiger partial charge in [0.15, 0.2) is 6.19 Å². The summed E-state index contributed by atoms with van der Waals surface area (Å²) in [6.45, 7) is 0. The molecule has 5 nitrogen and oxygen atoms in total. The number of anilines is 3. The number of benzene rings is 1. The standard InChI is InChI=1S/C11H8BrN5/c12-8-3-1-2-4-9(8)17-11-5-10(14-6-13)15-7-16-11/h1-5,7H,(H2,14,15,16,17). The zero-order chi connectivity index (χ0) is 12.1. The molecule has 0 saturated carbocycles. The highest BCUT2D eigenvalue weighted by atomic mass is 79.9. The van der Waals surface area contributed by atoms with E-state index in [0.717, 1.165) is 10.2 Å². The van der Waals surface area contributed by atoms with Gasteiger partial charge in [-0.1, -0.05) is 12.1 Å². The van der Waals surface area contributed by atoms with E-state index in [0.29, 0.717) is 11.6 Å². The van der Waals surface area contributed by atoms with Crippen molar-refractivity contribution in [3.63, 3.8) is 0 Å². The van der Waals surface area contributed by atoms with Crippen LogP contribution in [0.4, 0.5) is 17.3 Å². The predicted molar refractivity (Wildman–Crippen MR) is 68.7 cm³/mol. The van der Waals surface area contributed by atoms with Gasteiger partial charge in [0.2, 0.25) is 0 Å². The fourth-order valence-electron chi connectivity index (χ4n) is 1.25. The van der Waals surface area contributed by atoms with E-state index in [1.165, 1.54) is 6.33 Å². The first-order chi connectivity index (χ1) is 8.29. The van der Waals surface area contributed by atoms with Crippen molar-refractivity contribution in [1.82, 2.24) is 9.97 Å². The minimum absolute atomic E-state index is 0.456. The second-order valence-corrected chi connectivity index (χ2v) is 3.98. The molecular weight excluding hydrogens is 282 g/mol. The Morgan fingerprint density at radius 3 is 2.71 bits per heavy atom. The van der Waals surface area contributed by atoms with E-state index in [1.807, 2.05) is 30.5 Å². The molecule has 1 aromatic heterocycles. The van der Waals surface area contributed by atoms with Gasteiger partial charge < -0.3 is 5.32 Å². The summed E-state index contributed by atoms with van der Waals surface area (Å²) in [4.78, 5) is 7.96. The number of aromatic nitrogens is 2. The van der Waals surface area contributed by atoms with Gasteiger partial charge >= 0.3 is 0 Å². The zero-order valence-corrected chi connectivity index (χ0v) is 10.3. The number of hydrogen-bond donors (Lipinski definition) is 2. The van der Waals surface area contributed by atoms with Crippen LogP contribution in [0.3, 0.4) is 0 Å². The largest absolute Gasteiger partial charge is 0.339 e. The number of nitrogens with zero attached hydrogens (tertiary/aromatic N) is 3. The summed E-state index contributed by atoms with van der Waals surface area (Å²) >= 11 is 3.43. The molecule has 0 bridgehead atoms. The summed E-state index contributed by atoms with van der Waals surface area (Å²) < 4.78 is 0.938. The van der Waals surface area contributed by atoms with Crippen molar-refractivity contribution in [1.29, 1.82) is 5.26 Å². The molecule has 0 aliphatic heterocycles. The topological polar surface area (TPSA) is 73.6 Å². The molecule has 0 radical (unpaired) electrons. The Balaban J connectivity index is 2.22. The maximum Gasteiger partial charge on any atom is 0.182 e. The Morgan fingerprint density at radius 2 is 1.94 bits per heavy atom. The molecule has 0 fully saturated rings. The van der Waals surface area contributed by atoms with Crippen LogP contribution in [0, 0.1) is 11.5 Å². The van der Waals surface area contributed by atoms with Crippen molar-refractivity contribution in [3.05, 3.63) is 41.1 Å². The van der Waals surface area contributed by atoms with Crippen LogP contribution in [0.1, 0.15) is 0 Å². The number of para-hydroxylation sites is 1. The molecule has 2 rings (SSSR count). The number of hydrogen-bond acceptors (Lipinski definition) is 5. The zero-order valence-electron chi connectivity index (χ0n) is 8.68. The maximum atomic E-state index is 8.50. The number of nitrogens with one attached hydrogen (secondary N) is 2. The van der Waals surface area contributed by atoms with Crippen LogP contribution in [-0.2, 0) is 0 Å². The van der Waals surface area contributed by atoms with E-state index >= 15 is 0 Å². The summed E-state index contributed by atoms with van der Waals surface area (Å²) in [5, 5.41) is 14.1. The van der Waals surface area contributed by atoms with Crippen molar-refractivity contribution < 1.29 is 0 Å². The lowest BCUT2D eigenvalue weighted by Crippen LogP contribution is -1.98. The first-order valence-electron chi connectivity index (χ1n) is 4.78. The lowest BCUT2D eigenvalue weighted by atomic mass is 10.3. The minimum Gasteiger partial charge on any atom is -0.339 e. The third-order valence-corrected chi connectivity index (χ3v) is 2.68. The highest BCUT2D eigenvalue weighted by Crippen LogP contribution is 2.24. The minimum atomic E-state index is 0.456. The Labute approximate surface area is 107 Å². The summed E-state index contributed by atoms with van der Waals surface area (Å²) in [6.07, 6.45) is 3.20. The predicted octanol–water partition coefficient (Wildman–Crippen LogP) is 2.88. The Bertz CT molecular complexity index is 564. The number of nitriles is 1. The summed E-state index contributed by atoms with van der Waals surface area (Å²) in [6, 6.07) is 9.35. The summed E-state index contributed by atoms with van der Waals surface area (Å²) in [5.41, 5.74) is 0.897. The molecule has 0 atom stereocenters. The van der Waals surface area contributed by atoms with Gasteiger partial charge in [0, 0.05) is 10.5 Å². The van der Waals surface area contributed by atoms with Crippen LogP contribution in [-0.4, -0.2) is 9.97 Å². The second kappa shape index (κ2) is 5.27. The fourth-order valence-corrected chi connectivity index (χ4v) is 1.64. The number of rotatable bonds is 3. The molecule has 6 heteroatoms. The van der Waals surface area contributed by atoms with Gasteiger partial charge in [0.25, 0.3) is 0 Å². The van der Waals surface area contributed by atoms with Crippen LogP contribution >= 0.6 is 15.9 Å². The summed E-state index contributed by atoms with van der Waals surface area (Å²) in [7, 11) is 0. The van der Waals surface area contributed by atoms with Crippen LogP contribution in [0.5, 0.6) is 0 Å². The van der Waals surface area contributed by atoms with E-state index in [2.05, 4.69) is 36.5 Å². The highest BCUT2D eigenvalue weighted by molar-refractivity contribution is 9.10. The molecule has 2 N–H and O–H groups in total. The monoisotopic (exact) mass is 289 g/mol. The van der Waals surface area contributed by atoms with E-state index < -0.39 is 0 Å². The summed E-state index contributed by atoms with van der Waals surface area (Å²) in [5.74, 6) is 1.07. The van der Waals surface area contributed by atoms with Gasteiger partial charge in [-0.05, 0) is 28.1 Å². The van der Waals surface area contributed by atoms with Gasteiger partial charge in [0.1, 0.15) is 18.0 Å². The van der Waals surface area contributed by atoms with Gasteiger partial charge in [0.05, 0.1) is 5.69 Å². The molecule has 0 aliphatic rings. The van der Waals surface area contributed by atoms with E-state index in [9.17, 15) is 0 Å². The van der Waals surface area contributed by atoms with Crippen LogP contribution in [0.15, 0.2) is 41.1 Å². The van der Waals surface area contributed by atoms with E-state index in [-0.39, 0.29) is 0 Å². The quantitative estimate of drug-likeness (QED) is 0.671. The molecule has 0 unspecified atom stereocenters. The average Bonchev–Trinajstić information content (AvgIpc) is 2.33. The maximum absolute atomic E-state index is 8.50. The van der Waals surface area contributed by atoms with Gasteiger partial charge in [-0.15, -0.1) is 0 Å². The molecule has 1 heterocycles. The van der Waals surface area contributed by atoms with Crippen molar-refractivity contribution in [2.75, 3.05) is 10.6 Å². The lowest BCUT2D eigenvalue weighted by Gasteiger charge is -2.07. The number of halogens is 1. The molecule has 17 heavy (non-hydrogen) atoms.